The van der Waals surface area contributed by atoms with Crippen molar-refractivity contribution in [1.29, 1.82) is 0 Å². The molecular formula is C35H48N8O8S2. The van der Waals surface area contributed by atoms with Gasteiger partial charge in [-0.25, -0.2) is 13.4 Å². The second-order valence-corrected chi connectivity index (χ2v) is 17.0. The Hall–Kier alpha value is -4.84. The Bertz CT molecular complexity index is 1940. The van der Waals surface area contributed by atoms with Gasteiger partial charge in [0.25, 0.3) is 5.91 Å². The lowest BCUT2D eigenvalue weighted by Crippen LogP contribution is -2.53. The highest BCUT2D eigenvalue weighted by molar-refractivity contribution is 7.90. The van der Waals surface area contributed by atoms with E-state index in [4.69, 9.17) is 0 Å². The summed E-state index contributed by atoms with van der Waals surface area (Å²) in [6.07, 6.45) is 2.97. The van der Waals surface area contributed by atoms with Gasteiger partial charge in [0.1, 0.15) is 32.6 Å². The highest BCUT2D eigenvalue weighted by Crippen LogP contribution is 2.25. The quantitative estimate of drug-likeness (QED) is 0.268. The first-order valence-electron chi connectivity index (χ1n) is 17.3. The molecule has 0 aliphatic carbocycles. The van der Waals surface area contributed by atoms with E-state index in [1.54, 1.807) is 6.20 Å². The second kappa shape index (κ2) is 17.8. The number of amides is 6. The summed E-state index contributed by atoms with van der Waals surface area (Å²) in [5.74, 6) is -3.74. The van der Waals surface area contributed by atoms with Crippen molar-refractivity contribution >= 4 is 67.5 Å². The number of para-hydroxylation sites is 1. The Balaban J connectivity index is 1.67. The van der Waals surface area contributed by atoms with Gasteiger partial charge in [-0.3, -0.25) is 28.8 Å². The molecule has 16 nitrogen and oxygen atoms in total. The molecule has 53 heavy (non-hydrogen) atoms. The molecular weight excluding hydrogens is 725 g/mol. The van der Waals surface area contributed by atoms with Crippen molar-refractivity contribution in [2.45, 2.75) is 58.2 Å². The molecule has 0 saturated heterocycles. The fourth-order valence-corrected chi connectivity index (χ4v) is 7.36. The first-order valence-corrected chi connectivity index (χ1v) is 20.2. The summed E-state index contributed by atoms with van der Waals surface area (Å²) >= 11 is 1.16. The van der Waals surface area contributed by atoms with Crippen LogP contribution < -0.4 is 16.0 Å². The van der Waals surface area contributed by atoms with Crippen LogP contribution in [0.5, 0.6) is 0 Å². The zero-order valence-corrected chi connectivity index (χ0v) is 32.4. The Kier molecular flexibility index (Phi) is 13.7. The molecule has 0 saturated carbocycles. The predicted molar refractivity (Wildman–Crippen MR) is 199 cm³/mol. The molecule has 2 bridgehead atoms. The summed E-state index contributed by atoms with van der Waals surface area (Å²) in [6.45, 7) is 4.45. The van der Waals surface area contributed by atoms with Crippen molar-refractivity contribution in [3.05, 3.63) is 52.1 Å². The monoisotopic (exact) mass is 772 g/mol. The minimum Gasteiger partial charge on any atom is -0.361 e. The highest BCUT2D eigenvalue weighted by Gasteiger charge is 2.30. The molecule has 0 radical (unpaired) electrons. The van der Waals surface area contributed by atoms with E-state index < -0.39 is 82.2 Å². The number of H-pyrrole nitrogens is 1. The van der Waals surface area contributed by atoms with Gasteiger partial charge in [-0.05, 0) is 30.9 Å². The smallest absolute Gasteiger partial charge is 0.271 e. The molecule has 4 N–H and O–H groups in total. The number of hydrogen-bond donors (Lipinski definition) is 4. The van der Waals surface area contributed by atoms with Gasteiger partial charge in [0.15, 0.2) is 0 Å². The lowest BCUT2D eigenvalue weighted by atomic mass is 10.0. The van der Waals surface area contributed by atoms with Crippen LogP contribution in [0.15, 0.2) is 35.8 Å². The molecule has 1 aliphatic heterocycles. The van der Waals surface area contributed by atoms with E-state index in [2.05, 4.69) is 25.9 Å². The fraction of sp³-hybridized carbons (Fsp3) is 0.514. The zero-order valence-electron chi connectivity index (χ0n) is 30.8. The zero-order chi connectivity index (χ0) is 39.0. The number of nitrogens with one attached hydrogen (secondary N) is 4. The largest absolute Gasteiger partial charge is 0.361 e. The summed E-state index contributed by atoms with van der Waals surface area (Å²) in [5.41, 5.74) is 1.65. The van der Waals surface area contributed by atoms with Crippen molar-refractivity contribution in [3.8, 4) is 0 Å². The van der Waals surface area contributed by atoms with Gasteiger partial charge in [0, 0.05) is 68.8 Å². The molecule has 18 heteroatoms. The van der Waals surface area contributed by atoms with Crippen LogP contribution in [0.25, 0.3) is 10.9 Å². The topological polar surface area (TPSA) is 211 Å². The molecule has 0 spiro atoms. The summed E-state index contributed by atoms with van der Waals surface area (Å²) in [5, 5.41) is 11.2. The van der Waals surface area contributed by atoms with E-state index in [1.165, 1.54) is 41.1 Å². The van der Waals surface area contributed by atoms with Gasteiger partial charge in [0.05, 0.1) is 24.9 Å². The number of hydrogen-bond acceptors (Lipinski definition) is 10. The van der Waals surface area contributed by atoms with Crippen LogP contribution in [-0.4, -0.2) is 133 Å². The Morgan fingerprint density at radius 3 is 2.34 bits per heavy atom. The van der Waals surface area contributed by atoms with Crippen LogP contribution in [0, 0.1) is 5.92 Å². The molecule has 0 unspecified atom stereocenters. The van der Waals surface area contributed by atoms with Crippen LogP contribution in [0.3, 0.4) is 0 Å². The lowest BCUT2D eigenvalue weighted by Gasteiger charge is -2.28. The number of thiazole rings is 1. The number of carbonyl (C=O) groups is 6. The number of fused-ring (bicyclic) bond motifs is 3. The molecule has 0 fully saturated rings. The number of sulfone groups is 1. The third-order valence-corrected chi connectivity index (χ3v) is 10.7. The summed E-state index contributed by atoms with van der Waals surface area (Å²) in [7, 11) is -0.567. The second-order valence-electron chi connectivity index (χ2n) is 13.8. The van der Waals surface area contributed by atoms with Gasteiger partial charge in [-0.1, -0.05) is 32.0 Å². The standard InChI is InChI=1S/C35H48N8O8S2/c1-21(2)15-26-33-40-28(20-52-33)32(47)39-27(16-23-17-36-25-10-8-7-9-24(23)25)35(49)42(5)18-29(44)37-22(3)34(48)41(4)12-13-43(19-30(45)38-26)31(46)11-14-53(6,50)51/h7-10,17,20-22,26-27,36H,11-16,18-19H2,1-6H3,(H,37,44)(H,38,45)(H,39,47)/t22-,26-,27+/m0/s1. The normalized spacial score (nSPS) is 20.6. The van der Waals surface area contributed by atoms with Crippen LogP contribution in [0.1, 0.15) is 60.7 Å². The van der Waals surface area contributed by atoms with Crippen LogP contribution >= 0.6 is 11.3 Å². The molecule has 6 amide bonds. The van der Waals surface area contributed by atoms with E-state index in [0.29, 0.717) is 11.4 Å². The van der Waals surface area contributed by atoms with E-state index in [1.807, 2.05) is 38.1 Å². The maximum absolute atomic E-state index is 13.9. The maximum atomic E-state index is 13.9. The van der Waals surface area contributed by atoms with E-state index in [-0.39, 0.29) is 37.5 Å². The number of nitrogens with zero attached hydrogens (tertiary/aromatic N) is 4. The third-order valence-electron chi connectivity index (χ3n) is 8.76. The minimum absolute atomic E-state index is 0.0239. The van der Waals surface area contributed by atoms with E-state index >= 15 is 0 Å². The van der Waals surface area contributed by atoms with Gasteiger partial charge >= 0.3 is 0 Å². The van der Waals surface area contributed by atoms with Crippen molar-refractivity contribution in [2.24, 2.45) is 5.92 Å². The highest BCUT2D eigenvalue weighted by atomic mass is 32.2. The number of carbonyl (C=O) groups excluding carboxylic acids is 6. The maximum Gasteiger partial charge on any atom is 0.271 e. The number of aromatic nitrogens is 2. The fourth-order valence-electron chi connectivity index (χ4n) is 5.95. The number of rotatable bonds is 7. The van der Waals surface area contributed by atoms with Crippen molar-refractivity contribution in [2.75, 3.05) is 52.3 Å². The van der Waals surface area contributed by atoms with Crippen molar-refractivity contribution in [3.63, 3.8) is 0 Å². The number of benzene rings is 1. The summed E-state index contributed by atoms with van der Waals surface area (Å²) in [4.78, 5) is 91.9. The molecule has 3 atom stereocenters. The molecule has 1 aliphatic rings. The van der Waals surface area contributed by atoms with Crippen LogP contribution in [0.2, 0.25) is 0 Å². The number of likely N-dealkylation sites (N-methyl/N-ethyl adjacent to an activating group) is 2. The van der Waals surface area contributed by atoms with Gasteiger partial charge < -0.3 is 35.6 Å². The van der Waals surface area contributed by atoms with Crippen molar-refractivity contribution < 1.29 is 37.2 Å². The average molecular weight is 773 g/mol. The Labute approximate surface area is 313 Å². The van der Waals surface area contributed by atoms with E-state index in [0.717, 1.165) is 34.1 Å². The molecule has 3 heterocycles. The molecule has 1 aromatic carbocycles. The number of aromatic amines is 1. The Morgan fingerprint density at radius 2 is 1.64 bits per heavy atom. The summed E-state index contributed by atoms with van der Waals surface area (Å²) < 4.78 is 23.6. The predicted octanol–water partition coefficient (Wildman–Crippen LogP) is 0.867. The van der Waals surface area contributed by atoms with Gasteiger partial charge in [-0.15, -0.1) is 11.3 Å². The van der Waals surface area contributed by atoms with Gasteiger partial charge in [0.2, 0.25) is 29.5 Å². The molecule has 3 aromatic rings. The molecule has 2 aromatic heterocycles. The molecule has 288 valence electrons. The van der Waals surface area contributed by atoms with Crippen molar-refractivity contribution in [1.82, 2.24) is 40.6 Å². The van der Waals surface area contributed by atoms with Crippen LogP contribution in [-0.2, 0) is 40.2 Å². The SMILES string of the molecule is CC(C)C[C@@H]1NC(=O)CN(C(=O)CCS(C)(=O)=O)CCN(C)C(=O)[C@H](C)NC(=O)CN(C)C(=O)[C@@H](Cc2c[nH]c3ccccc23)NC(=O)c2csc1n2. The van der Waals surface area contributed by atoms with Gasteiger partial charge in [-0.2, -0.15) is 0 Å². The molecule has 4 rings (SSSR count). The first-order chi connectivity index (χ1) is 24.9. The Morgan fingerprint density at radius 1 is 0.943 bits per heavy atom. The van der Waals surface area contributed by atoms with Crippen LogP contribution in [0.4, 0.5) is 0 Å². The third kappa shape index (κ3) is 11.6. The summed E-state index contributed by atoms with van der Waals surface area (Å²) in [6, 6.07) is 4.79. The average Bonchev–Trinajstić information content (AvgIpc) is 3.74. The minimum atomic E-state index is -3.48. The first kappa shape index (κ1) is 40.9. The lowest BCUT2D eigenvalue weighted by molar-refractivity contribution is -0.139. The van der Waals surface area contributed by atoms with E-state index in [9.17, 15) is 37.2 Å².